The molecule has 2 heterocycles. The number of amides is 1. The second-order valence-electron chi connectivity index (χ2n) is 7.68. The molecule has 33 heavy (non-hydrogen) atoms. The van der Waals surface area contributed by atoms with Crippen LogP contribution in [0.25, 0.3) is 5.69 Å². The van der Waals surface area contributed by atoms with E-state index in [0.29, 0.717) is 38.4 Å². The number of halogens is 3. The second-order valence-corrected chi connectivity index (χ2v) is 7.68. The van der Waals surface area contributed by atoms with Crippen LogP contribution >= 0.6 is 0 Å². The van der Waals surface area contributed by atoms with Gasteiger partial charge in [-0.2, -0.15) is 18.3 Å². The first kappa shape index (κ1) is 22.5. The first-order valence-corrected chi connectivity index (χ1v) is 10.2. The zero-order valence-electron chi connectivity index (χ0n) is 17.4. The quantitative estimate of drug-likeness (QED) is 0.429. The van der Waals surface area contributed by atoms with Crippen LogP contribution in [0.2, 0.25) is 0 Å². The van der Waals surface area contributed by atoms with Crippen molar-refractivity contribution in [2.75, 3.05) is 26.2 Å². The number of nitro groups is 1. The predicted molar refractivity (Wildman–Crippen MR) is 113 cm³/mol. The molecule has 172 valence electrons. The number of non-ortho nitro benzene ring substituents is 1. The first-order valence-electron chi connectivity index (χ1n) is 10.2. The smallest absolute Gasteiger partial charge is 0.335 e. The molecule has 3 aromatic rings. The van der Waals surface area contributed by atoms with Gasteiger partial charge in [-0.25, -0.2) is 4.68 Å². The summed E-state index contributed by atoms with van der Waals surface area (Å²) in [7, 11) is 0. The van der Waals surface area contributed by atoms with Crippen molar-refractivity contribution in [3.63, 3.8) is 0 Å². The highest BCUT2D eigenvalue weighted by molar-refractivity contribution is 5.92. The number of aromatic nitrogens is 2. The van der Waals surface area contributed by atoms with E-state index in [1.807, 2.05) is 0 Å². The Labute approximate surface area is 187 Å². The van der Waals surface area contributed by atoms with E-state index in [4.69, 9.17) is 0 Å². The standard InChI is InChI=1S/C22H20F3N5O3/c23-22(24,25)17-3-1-16(2-4-17)15-27-11-13-28(14-12-27)21(31)20-9-10-29(26-20)18-5-7-19(8-6-18)30(32)33/h1-10H,11-15H2. The molecule has 0 spiro atoms. The Kier molecular flexibility index (Phi) is 6.14. The third-order valence-corrected chi connectivity index (χ3v) is 5.48. The van der Waals surface area contributed by atoms with Gasteiger partial charge in [-0.05, 0) is 35.9 Å². The average Bonchev–Trinajstić information content (AvgIpc) is 3.29. The lowest BCUT2D eigenvalue weighted by Crippen LogP contribution is -2.48. The van der Waals surface area contributed by atoms with E-state index in [1.54, 1.807) is 29.3 Å². The molecule has 0 unspecified atom stereocenters. The van der Waals surface area contributed by atoms with Crippen molar-refractivity contribution in [1.29, 1.82) is 0 Å². The van der Waals surface area contributed by atoms with Crippen molar-refractivity contribution < 1.29 is 22.9 Å². The Morgan fingerprint density at radius 2 is 1.61 bits per heavy atom. The van der Waals surface area contributed by atoms with Gasteiger partial charge in [0.05, 0.1) is 16.2 Å². The minimum atomic E-state index is -4.35. The highest BCUT2D eigenvalue weighted by Crippen LogP contribution is 2.29. The minimum absolute atomic E-state index is 0.0311. The number of alkyl halides is 3. The monoisotopic (exact) mass is 459 g/mol. The lowest BCUT2D eigenvalue weighted by Gasteiger charge is -2.34. The number of hydrogen-bond donors (Lipinski definition) is 0. The Bertz CT molecular complexity index is 1140. The Morgan fingerprint density at radius 3 is 2.18 bits per heavy atom. The number of nitro benzene ring substituents is 1. The van der Waals surface area contributed by atoms with E-state index in [1.165, 1.54) is 28.9 Å². The normalized spacial score (nSPS) is 14.9. The summed E-state index contributed by atoms with van der Waals surface area (Å²) < 4.78 is 39.6. The number of benzene rings is 2. The molecule has 11 heteroatoms. The molecular formula is C22H20F3N5O3. The molecule has 8 nitrogen and oxygen atoms in total. The summed E-state index contributed by atoms with van der Waals surface area (Å²) in [5.74, 6) is -0.218. The van der Waals surface area contributed by atoms with Crippen LogP contribution in [0, 0.1) is 10.1 Å². The summed E-state index contributed by atoms with van der Waals surface area (Å²) in [6, 6.07) is 12.6. The van der Waals surface area contributed by atoms with Crippen molar-refractivity contribution in [1.82, 2.24) is 19.6 Å². The number of hydrogen-bond acceptors (Lipinski definition) is 5. The summed E-state index contributed by atoms with van der Waals surface area (Å²) in [6.45, 7) is 2.65. The molecule has 0 bridgehead atoms. The second kappa shape index (κ2) is 9.02. The van der Waals surface area contributed by atoms with Crippen LogP contribution in [0.1, 0.15) is 21.6 Å². The number of piperazine rings is 1. The van der Waals surface area contributed by atoms with Crippen LogP contribution in [0.15, 0.2) is 60.8 Å². The summed E-state index contributed by atoms with van der Waals surface area (Å²) in [6.07, 6.45) is -2.73. The fourth-order valence-electron chi connectivity index (χ4n) is 3.64. The van der Waals surface area contributed by atoms with Crippen molar-refractivity contribution in [3.05, 3.63) is 87.7 Å². The van der Waals surface area contributed by atoms with Gasteiger partial charge in [0.25, 0.3) is 11.6 Å². The first-order chi connectivity index (χ1) is 15.7. The van der Waals surface area contributed by atoms with Crippen LogP contribution in [-0.4, -0.2) is 56.6 Å². The third-order valence-electron chi connectivity index (χ3n) is 5.48. The van der Waals surface area contributed by atoms with Gasteiger partial charge in [0, 0.05) is 51.1 Å². The van der Waals surface area contributed by atoms with Gasteiger partial charge >= 0.3 is 6.18 Å². The zero-order chi connectivity index (χ0) is 23.6. The third kappa shape index (κ3) is 5.20. The van der Waals surface area contributed by atoms with Crippen LogP contribution in [0.3, 0.4) is 0 Å². The summed E-state index contributed by atoms with van der Waals surface area (Å²) in [5, 5.41) is 15.1. The van der Waals surface area contributed by atoms with E-state index >= 15 is 0 Å². The summed E-state index contributed by atoms with van der Waals surface area (Å²) in [4.78, 5) is 26.9. The molecule has 1 amide bonds. The maximum atomic E-state index is 12.8. The molecule has 2 aromatic carbocycles. The number of nitrogens with zero attached hydrogens (tertiary/aromatic N) is 5. The molecule has 1 aromatic heterocycles. The molecule has 0 radical (unpaired) electrons. The highest BCUT2D eigenvalue weighted by Gasteiger charge is 2.30. The van der Waals surface area contributed by atoms with Gasteiger partial charge < -0.3 is 4.90 Å². The largest absolute Gasteiger partial charge is 0.416 e. The maximum Gasteiger partial charge on any atom is 0.416 e. The molecule has 1 fully saturated rings. The van der Waals surface area contributed by atoms with E-state index in [2.05, 4.69) is 10.00 Å². The number of carbonyl (C=O) groups excluding carboxylic acids is 1. The topological polar surface area (TPSA) is 84.5 Å². The molecule has 1 aliphatic heterocycles. The average molecular weight is 459 g/mol. The Hall–Kier alpha value is -3.73. The van der Waals surface area contributed by atoms with Gasteiger partial charge in [0.15, 0.2) is 5.69 Å². The number of rotatable bonds is 5. The van der Waals surface area contributed by atoms with Crippen LogP contribution in [-0.2, 0) is 12.7 Å². The number of carbonyl (C=O) groups is 1. The maximum absolute atomic E-state index is 12.8. The minimum Gasteiger partial charge on any atom is -0.335 e. The molecule has 0 aliphatic carbocycles. The zero-order valence-corrected chi connectivity index (χ0v) is 17.4. The SMILES string of the molecule is O=C(c1ccn(-c2ccc([N+](=O)[O-])cc2)n1)N1CCN(Cc2ccc(C(F)(F)F)cc2)CC1. The van der Waals surface area contributed by atoms with Gasteiger partial charge in [-0.3, -0.25) is 19.8 Å². The van der Waals surface area contributed by atoms with E-state index in [9.17, 15) is 28.1 Å². The van der Waals surface area contributed by atoms with Crippen molar-refractivity contribution in [2.45, 2.75) is 12.7 Å². The summed E-state index contributed by atoms with van der Waals surface area (Å²) >= 11 is 0. The molecule has 1 saturated heterocycles. The fourth-order valence-corrected chi connectivity index (χ4v) is 3.64. The molecule has 0 saturated carbocycles. The van der Waals surface area contributed by atoms with Gasteiger partial charge in [-0.1, -0.05) is 12.1 Å². The van der Waals surface area contributed by atoms with Gasteiger partial charge in [-0.15, -0.1) is 0 Å². The summed E-state index contributed by atoms with van der Waals surface area (Å²) in [5.41, 5.74) is 0.946. The molecule has 4 rings (SSSR count). The highest BCUT2D eigenvalue weighted by atomic mass is 19.4. The van der Waals surface area contributed by atoms with Crippen LogP contribution < -0.4 is 0 Å². The fraction of sp³-hybridized carbons (Fsp3) is 0.273. The lowest BCUT2D eigenvalue weighted by atomic mass is 10.1. The van der Waals surface area contributed by atoms with Crippen molar-refractivity contribution in [2.24, 2.45) is 0 Å². The molecule has 1 aliphatic rings. The van der Waals surface area contributed by atoms with Gasteiger partial charge in [0.1, 0.15) is 0 Å². The van der Waals surface area contributed by atoms with Crippen LogP contribution in [0.4, 0.5) is 18.9 Å². The van der Waals surface area contributed by atoms with E-state index < -0.39 is 16.7 Å². The molecule has 0 atom stereocenters. The van der Waals surface area contributed by atoms with E-state index in [0.717, 1.165) is 17.7 Å². The molecule has 0 N–H and O–H groups in total. The van der Waals surface area contributed by atoms with Crippen LogP contribution in [0.5, 0.6) is 0 Å². The van der Waals surface area contributed by atoms with Crippen molar-refractivity contribution >= 4 is 11.6 Å². The van der Waals surface area contributed by atoms with Crippen molar-refractivity contribution in [3.8, 4) is 5.69 Å². The Morgan fingerprint density at radius 1 is 0.970 bits per heavy atom. The predicted octanol–water partition coefficient (Wildman–Crippen LogP) is 3.76. The Balaban J connectivity index is 1.33. The molecular weight excluding hydrogens is 439 g/mol. The lowest BCUT2D eigenvalue weighted by molar-refractivity contribution is -0.384. The van der Waals surface area contributed by atoms with Gasteiger partial charge in [0.2, 0.25) is 0 Å². The van der Waals surface area contributed by atoms with E-state index in [-0.39, 0.29) is 17.3 Å².